The Kier molecular flexibility index (Phi) is 3.89. The van der Waals surface area contributed by atoms with Gasteiger partial charge < -0.3 is 16.8 Å². The van der Waals surface area contributed by atoms with Gasteiger partial charge in [-0.05, 0) is 48.1 Å². The predicted molar refractivity (Wildman–Crippen MR) is 104 cm³/mol. The largest absolute Gasteiger partial charge is 0.398 e. The molecule has 0 unspecified atom stereocenters. The smallest absolute Gasteiger partial charge is 0.230 e. The molecule has 2 aromatic heterocycles. The fraction of sp³-hybridized carbons (Fsp3) is 0.200. The molecule has 134 valence electrons. The van der Waals surface area contributed by atoms with Gasteiger partial charge in [-0.3, -0.25) is 9.78 Å². The quantitative estimate of drug-likeness (QED) is 0.617. The average Bonchev–Trinajstić information content (AvgIpc) is 3.44. The molecule has 1 aromatic carbocycles. The maximum absolute atomic E-state index is 12.2. The maximum Gasteiger partial charge on any atom is 0.230 e. The monoisotopic (exact) mass is 358 g/mol. The Hall–Kier alpha value is -3.66. The second-order valence-corrected chi connectivity index (χ2v) is 6.82. The first-order valence-electron chi connectivity index (χ1n) is 8.58. The molecule has 1 saturated carbocycles. The third-order valence-corrected chi connectivity index (χ3v) is 4.98. The lowest BCUT2D eigenvalue weighted by Gasteiger charge is -2.12. The molecule has 0 bridgehead atoms. The highest BCUT2D eigenvalue weighted by molar-refractivity contribution is 6.00. The minimum absolute atomic E-state index is 0.173. The summed E-state index contributed by atoms with van der Waals surface area (Å²) >= 11 is 0. The number of hydrogen-bond acceptors (Lipinski definition) is 6. The van der Waals surface area contributed by atoms with Crippen molar-refractivity contribution in [3.8, 4) is 17.2 Å². The number of nitriles is 1. The molecule has 4 rings (SSSR count). The Morgan fingerprint density at radius 2 is 2.04 bits per heavy atom. The molecule has 27 heavy (non-hydrogen) atoms. The van der Waals surface area contributed by atoms with Gasteiger partial charge in [0.1, 0.15) is 5.82 Å². The lowest BCUT2D eigenvalue weighted by Crippen LogP contribution is -2.15. The molecule has 5 N–H and O–H groups in total. The number of carbonyl (C=O) groups excluding carboxylic acids is 1. The van der Waals surface area contributed by atoms with Crippen LogP contribution in [-0.4, -0.2) is 15.9 Å². The Labute approximate surface area is 156 Å². The summed E-state index contributed by atoms with van der Waals surface area (Å²) < 4.78 is 0. The van der Waals surface area contributed by atoms with Gasteiger partial charge in [0.15, 0.2) is 0 Å². The molecule has 3 aromatic rings. The number of nitrogens with one attached hydrogen (secondary N) is 1. The summed E-state index contributed by atoms with van der Waals surface area (Å²) in [6, 6.07) is 7.74. The summed E-state index contributed by atoms with van der Waals surface area (Å²) in [5, 5.41) is 13.3. The molecule has 0 saturated heterocycles. The van der Waals surface area contributed by atoms with E-state index in [1.165, 1.54) is 0 Å². The highest BCUT2D eigenvalue weighted by Gasteiger charge is 2.43. The van der Waals surface area contributed by atoms with E-state index >= 15 is 0 Å². The van der Waals surface area contributed by atoms with Crippen LogP contribution in [0.15, 0.2) is 36.8 Å². The van der Waals surface area contributed by atoms with Crippen LogP contribution in [0.3, 0.4) is 0 Å². The van der Waals surface area contributed by atoms with E-state index in [2.05, 4.69) is 21.4 Å². The number of nitrogens with zero attached hydrogens (tertiary/aromatic N) is 3. The first-order chi connectivity index (χ1) is 13.0. The number of pyridine rings is 2. The molecule has 1 fully saturated rings. The van der Waals surface area contributed by atoms with Gasteiger partial charge in [0, 0.05) is 29.0 Å². The third-order valence-electron chi connectivity index (χ3n) is 4.98. The first kappa shape index (κ1) is 16.8. The molecule has 0 radical (unpaired) electrons. The van der Waals surface area contributed by atoms with E-state index in [-0.39, 0.29) is 17.7 Å². The molecule has 2 atom stereocenters. The van der Waals surface area contributed by atoms with E-state index in [1.807, 2.05) is 19.1 Å². The Morgan fingerprint density at radius 1 is 1.22 bits per heavy atom. The van der Waals surface area contributed by atoms with Crippen molar-refractivity contribution >= 4 is 33.9 Å². The molecular weight excluding hydrogens is 340 g/mol. The summed E-state index contributed by atoms with van der Waals surface area (Å²) in [4.78, 5) is 20.6. The first-order valence-corrected chi connectivity index (χ1v) is 8.58. The van der Waals surface area contributed by atoms with E-state index in [4.69, 9.17) is 16.7 Å². The number of nitrogens with two attached hydrogens (primary N) is 2. The van der Waals surface area contributed by atoms with E-state index in [0.717, 1.165) is 27.5 Å². The molecule has 0 spiro atoms. The molecule has 7 heteroatoms. The zero-order valence-corrected chi connectivity index (χ0v) is 14.7. The number of benzene rings is 1. The summed E-state index contributed by atoms with van der Waals surface area (Å²) in [6.07, 6.45) is 5.62. The molecule has 1 aliphatic carbocycles. The number of fused-ring (bicyclic) bond motifs is 1. The number of carbonyl (C=O) groups is 1. The van der Waals surface area contributed by atoms with Crippen molar-refractivity contribution in [3.63, 3.8) is 0 Å². The van der Waals surface area contributed by atoms with Crippen LogP contribution in [0, 0.1) is 30.1 Å². The Morgan fingerprint density at radius 3 is 2.78 bits per heavy atom. The van der Waals surface area contributed by atoms with Gasteiger partial charge >= 0.3 is 0 Å². The average molecular weight is 358 g/mol. The molecule has 0 aliphatic heterocycles. The number of rotatable bonds is 3. The van der Waals surface area contributed by atoms with Gasteiger partial charge in [-0.1, -0.05) is 0 Å². The highest BCUT2D eigenvalue weighted by atomic mass is 16.2. The van der Waals surface area contributed by atoms with Gasteiger partial charge in [0.25, 0.3) is 0 Å². The minimum Gasteiger partial charge on any atom is -0.398 e. The zero-order chi connectivity index (χ0) is 19.1. The van der Waals surface area contributed by atoms with Crippen LogP contribution in [-0.2, 0) is 4.79 Å². The topological polar surface area (TPSA) is 131 Å². The van der Waals surface area contributed by atoms with Gasteiger partial charge in [-0.2, -0.15) is 5.26 Å². The van der Waals surface area contributed by atoms with Crippen LogP contribution in [0.2, 0.25) is 0 Å². The molecule has 1 amide bonds. The lowest BCUT2D eigenvalue weighted by atomic mass is 9.98. The predicted octanol–water partition coefficient (Wildman–Crippen LogP) is 2.87. The standard InChI is InChI=1S/C20H18N6O/c1-10-15(7-24-9-18(10)23)11-2-12-5-19(25-8-16(12)17(22)4-11)26-20(27)14-3-13(14)6-21/h2,4-5,7-9,13-14H,3,22-23H2,1H3,(H,25,26,27)/t13-,14+/m0/s1. The number of amides is 1. The van der Waals surface area contributed by atoms with Crippen LogP contribution in [0.4, 0.5) is 17.2 Å². The molecule has 2 heterocycles. The summed E-state index contributed by atoms with van der Waals surface area (Å²) in [7, 11) is 0. The van der Waals surface area contributed by atoms with E-state index in [1.54, 1.807) is 24.7 Å². The summed E-state index contributed by atoms with van der Waals surface area (Å²) in [5.74, 6) is -0.167. The van der Waals surface area contributed by atoms with Crippen LogP contribution in [0.25, 0.3) is 21.9 Å². The van der Waals surface area contributed by atoms with Crippen LogP contribution in [0.1, 0.15) is 12.0 Å². The number of nitrogen functional groups attached to an aromatic ring is 2. The normalized spacial score (nSPS) is 18.1. The third kappa shape index (κ3) is 3.02. The SMILES string of the molecule is Cc1c(N)cncc1-c1cc(N)c2cnc(NC(=O)[C@@H]3C[C@H]3C#N)cc2c1. The second-order valence-electron chi connectivity index (χ2n) is 6.82. The molecule has 7 nitrogen and oxygen atoms in total. The zero-order valence-electron chi connectivity index (χ0n) is 14.7. The van der Waals surface area contributed by atoms with Gasteiger partial charge in [0.2, 0.25) is 5.91 Å². The Balaban J connectivity index is 1.71. The number of hydrogen-bond donors (Lipinski definition) is 3. The highest BCUT2D eigenvalue weighted by Crippen LogP contribution is 2.38. The van der Waals surface area contributed by atoms with Crippen molar-refractivity contribution in [2.75, 3.05) is 16.8 Å². The second kappa shape index (κ2) is 6.25. The van der Waals surface area contributed by atoms with Crippen molar-refractivity contribution in [1.29, 1.82) is 5.26 Å². The van der Waals surface area contributed by atoms with E-state index in [9.17, 15) is 4.79 Å². The van der Waals surface area contributed by atoms with E-state index < -0.39 is 0 Å². The number of anilines is 3. The van der Waals surface area contributed by atoms with Crippen LogP contribution < -0.4 is 16.8 Å². The van der Waals surface area contributed by atoms with Crippen molar-refractivity contribution in [1.82, 2.24) is 9.97 Å². The number of aromatic nitrogens is 2. The van der Waals surface area contributed by atoms with E-state index in [0.29, 0.717) is 23.6 Å². The van der Waals surface area contributed by atoms with Gasteiger partial charge in [0.05, 0.1) is 29.8 Å². The van der Waals surface area contributed by atoms with Gasteiger partial charge in [-0.25, -0.2) is 4.98 Å². The van der Waals surface area contributed by atoms with Crippen LogP contribution in [0.5, 0.6) is 0 Å². The Bertz CT molecular complexity index is 1120. The summed E-state index contributed by atoms with van der Waals surface area (Å²) in [5.41, 5.74) is 16.1. The maximum atomic E-state index is 12.2. The van der Waals surface area contributed by atoms with Gasteiger partial charge in [-0.15, -0.1) is 0 Å². The van der Waals surface area contributed by atoms with Crippen molar-refractivity contribution in [2.24, 2.45) is 11.8 Å². The minimum atomic E-state index is -0.245. The molecule has 1 aliphatic rings. The van der Waals surface area contributed by atoms with Crippen LogP contribution >= 0.6 is 0 Å². The van der Waals surface area contributed by atoms with Crippen molar-refractivity contribution in [3.05, 3.63) is 42.4 Å². The van der Waals surface area contributed by atoms with Crippen molar-refractivity contribution in [2.45, 2.75) is 13.3 Å². The summed E-state index contributed by atoms with van der Waals surface area (Å²) in [6.45, 7) is 1.94. The lowest BCUT2D eigenvalue weighted by molar-refractivity contribution is -0.117. The fourth-order valence-electron chi connectivity index (χ4n) is 3.19. The van der Waals surface area contributed by atoms with Crippen molar-refractivity contribution < 1.29 is 4.79 Å². The molecular formula is C20H18N6O. The fourth-order valence-corrected chi connectivity index (χ4v) is 3.19.